The molecule has 12 nitrogen and oxygen atoms in total. The lowest BCUT2D eigenvalue weighted by Gasteiger charge is -2.58. The van der Waals surface area contributed by atoms with Gasteiger partial charge in [0, 0.05) is 4.88 Å². The number of benzene rings is 1. The van der Waals surface area contributed by atoms with Gasteiger partial charge in [-0.05, 0) is 57.1 Å². The van der Waals surface area contributed by atoms with Gasteiger partial charge in [0.05, 0.1) is 45.5 Å². The van der Waals surface area contributed by atoms with Gasteiger partial charge in [0.15, 0.2) is 17.0 Å². The van der Waals surface area contributed by atoms with Crippen molar-refractivity contribution >= 4 is 46.7 Å². The van der Waals surface area contributed by atoms with E-state index in [0.29, 0.717) is 11.1 Å². The fourth-order valence-electron chi connectivity index (χ4n) is 6.65. The van der Waals surface area contributed by atoms with E-state index >= 15 is 0 Å². The summed E-state index contributed by atoms with van der Waals surface area (Å²) in [5.74, 6) is -5.70. The molecule has 3 aliphatic rings. The molecular weight excluding hydrogens is 548 g/mol. The Labute approximate surface area is 238 Å². The number of likely N-dealkylation sites (N-methyl/N-ethyl adjacent to an activating group) is 1. The van der Waals surface area contributed by atoms with Crippen LogP contribution < -0.4 is 17.2 Å². The first kappa shape index (κ1) is 28.2. The quantitative estimate of drug-likeness (QED) is 0.279. The van der Waals surface area contributed by atoms with Crippen LogP contribution in [0.15, 0.2) is 34.5 Å². The van der Waals surface area contributed by atoms with Crippen molar-refractivity contribution in [3.05, 3.63) is 61.8 Å². The number of nitriles is 1. The number of nitrogens with two attached hydrogens (primary N) is 3. The summed E-state index contributed by atoms with van der Waals surface area (Å²) in [7, 11) is 2.94. The van der Waals surface area contributed by atoms with E-state index in [1.54, 1.807) is 23.7 Å². The van der Waals surface area contributed by atoms with Crippen LogP contribution in [0.2, 0.25) is 0 Å². The zero-order valence-electron chi connectivity index (χ0n) is 22.4. The maximum atomic E-state index is 14.4. The monoisotopic (exact) mass is 576 g/mol. The Morgan fingerprint density at radius 3 is 2.46 bits per heavy atom. The van der Waals surface area contributed by atoms with E-state index in [-0.39, 0.29) is 17.7 Å². The lowest BCUT2D eigenvalue weighted by molar-refractivity contribution is -0.139. The molecule has 3 aliphatic carbocycles. The van der Waals surface area contributed by atoms with Crippen molar-refractivity contribution in [3.8, 4) is 11.8 Å². The first-order valence-electron chi connectivity index (χ1n) is 12.5. The Bertz CT molecular complexity index is 1700. The number of phenolic OH excluding ortho intramolecular Hbond substituents is 1. The number of aromatic hydroxyl groups is 1. The molecule has 0 saturated heterocycles. The Balaban J connectivity index is 1.80. The summed E-state index contributed by atoms with van der Waals surface area (Å²) in [6, 6.07) is 3.28. The summed E-state index contributed by atoms with van der Waals surface area (Å²) in [6.07, 6.45) is 3.04. The number of primary amides is 1. The van der Waals surface area contributed by atoms with E-state index < -0.39 is 69.1 Å². The molecule has 41 heavy (non-hydrogen) atoms. The molecule has 0 bridgehead atoms. The third-order valence-electron chi connectivity index (χ3n) is 8.37. The second-order valence-electron chi connectivity index (χ2n) is 10.9. The standard InChI is InChI=1S/C28H28N6O6S/c1-12-16(41-11-33-12)7-5-13-4-6-15(35)17-14(13)8-26(31)9-28(32)22(34(2)3)21(37)18(25(30)40)23(38)27(28,10-29)24(39)19(26)20(17)36/h4-7,11,22,35-36,38H,8-9,31-32H2,1-3H3,(H2,30,40)/b7-5+/t22-,26-,27+,28-/m1/s1. The number of hydrogen-bond donors (Lipinski definition) is 6. The number of fused-ring (bicyclic) bond motifs is 3. The second kappa shape index (κ2) is 9.08. The molecule has 2 aromatic rings. The number of Topliss-reactive ketones (excluding diaryl/α,β-unsaturated/α-hetero) is 2. The van der Waals surface area contributed by atoms with Gasteiger partial charge >= 0.3 is 0 Å². The van der Waals surface area contributed by atoms with Crippen LogP contribution in [0.3, 0.4) is 0 Å². The normalized spacial score (nSPS) is 29.4. The largest absolute Gasteiger partial charge is 0.509 e. The first-order valence-corrected chi connectivity index (χ1v) is 13.4. The molecule has 9 N–H and O–H groups in total. The van der Waals surface area contributed by atoms with Gasteiger partial charge in [0.25, 0.3) is 5.91 Å². The molecule has 0 aliphatic heterocycles. The van der Waals surface area contributed by atoms with Gasteiger partial charge in [-0.1, -0.05) is 12.1 Å². The van der Waals surface area contributed by atoms with E-state index in [2.05, 4.69) is 4.98 Å². The van der Waals surface area contributed by atoms with Crippen LogP contribution in [0.4, 0.5) is 0 Å². The van der Waals surface area contributed by atoms with Crippen molar-refractivity contribution < 1.29 is 29.7 Å². The average Bonchev–Trinajstić information content (AvgIpc) is 3.26. The topological polar surface area (TPSA) is 230 Å². The summed E-state index contributed by atoms with van der Waals surface area (Å²) in [5, 5.41) is 44.0. The lowest BCUT2D eigenvalue weighted by atomic mass is 9.47. The Morgan fingerprint density at radius 1 is 1.22 bits per heavy atom. The van der Waals surface area contributed by atoms with Crippen molar-refractivity contribution in [2.24, 2.45) is 22.6 Å². The van der Waals surface area contributed by atoms with Crippen molar-refractivity contribution in [2.75, 3.05) is 14.1 Å². The van der Waals surface area contributed by atoms with Crippen LogP contribution in [0.1, 0.15) is 33.7 Å². The third-order valence-corrected chi connectivity index (χ3v) is 9.26. The molecule has 0 unspecified atom stereocenters. The highest BCUT2D eigenvalue weighted by molar-refractivity contribution is 7.10. The highest BCUT2D eigenvalue weighted by Gasteiger charge is 2.74. The predicted molar refractivity (Wildman–Crippen MR) is 150 cm³/mol. The van der Waals surface area contributed by atoms with Crippen molar-refractivity contribution in [1.29, 1.82) is 5.26 Å². The zero-order valence-corrected chi connectivity index (χ0v) is 23.2. The summed E-state index contributed by atoms with van der Waals surface area (Å²) in [6.45, 7) is 1.86. The number of aliphatic hydroxyl groups excluding tert-OH is 2. The molecule has 1 amide bonds. The van der Waals surface area contributed by atoms with Gasteiger partial charge in [0.1, 0.15) is 22.8 Å². The van der Waals surface area contributed by atoms with Gasteiger partial charge in [-0.15, -0.1) is 11.3 Å². The molecule has 1 aromatic carbocycles. The smallest absolute Gasteiger partial charge is 0.255 e. The summed E-state index contributed by atoms with van der Waals surface area (Å²) in [4.78, 5) is 46.6. The molecule has 5 rings (SSSR count). The van der Waals surface area contributed by atoms with E-state index in [1.165, 1.54) is 36.4 Å². The SMILES string of the molecule is Cc1ncsc1/C=C/c1ccc(O)c2c1C[C@@]1(N)C[C@@]3(N)[C@H](N(C)C)C(=O)C(C(N)=O)=C(O)[C@@]3(C#N)C(=O)C1=C2O. The number of amides is 1. The number of carbonyl (C=O) groups is 3. The fourth-order valence-corrected chi connectivity index (χ4v) is 7.34. The number of phenols is 1. The fraction of sp³-hybridized carbons (Fsp3) is 0.321. The number of aromatic nitrogens is 1. The first-order chi connectivity index (χ1) is 19.2. The van der Waals surface area contributed by atoms with Crippen molar-refractivity contribution in [2.45, 2.75) is 36.9 Å². The van der Waals surface area contributed by atoms with E-state index in [4.69, 9.17) is 17.2 Å². The molecule has 4 atom stereocenters. The van der Waals surface area contributed by atoms with Gasteiger partial charge in [0.2, 0.25) is 0 Å². The summed E-state index contributed by atoms with van der Waals surface area (Å²) < 4.78 is 0. The number of aliphatic hydroxyl groups is 2. The molecular formula is C28H28N6O6S. The summed E-state index contributed by atoms with van der Waals surface area (Å²) >= 11 is 1.43. The zero-order chi connectivity index (χ0) is 30.2. The van der Waals surface area contributed by atoms with E-state index in [0.717, 1.165) is 10.6 Å². The molecule has 1 aromatic heterocycles. The van der Waals surface area contributed by atoms with E-state index in [1.807, 2.05) is 13.0 Å². The highest BCUT2D eigenvalue weighted by Crippen LogP contribution is 2.58. The lowest BCUT2D eigenvalue weighted by Crippen LogP contribution is -2.80. The minimum atomic E-state index is -2.69. The van der Waals surface area contributed by atoms with Crippen LogP contribution in [-0.4, -0.2) is 73.9 Å². The molecule has 212 valence electrons. The number of rotatable bonds is 4. The number of carbonyl (C=O) groups excluding carboxylic acids is 3. The molecule has 0 spiro atoms. The predicted octanol–water partition coefficient (Wildman–Crippen LogP) is 0.841. The van der Waals surface area contributed by atoms with Crippen LogP contribution in [-0.2, 0) is 20.8 Å². The van der Waals surface area contributed by atoms with Crippen LogP contribution in [0.5, 0.6) is 5.75 Å². The van der Waals surface area contributed by atoms with E-state index in [9.17, 15) is 35.0 Å². The maximum absolute atomic E-state index is 14.4. The molecule has 1 saturated carbocycles. The van der Waals surface area contributed by atoms with Gasteiger partial charge in [-0.25, -0.2) is 4.98 Å². The van der Waals surface area contributed by atoms with Crippen LogP contribution in [0, 0.1) is 23.7 Å². The Morgan fingerprint density at radius 2 is 1.90 bits per heavy atom. The average molecular weight is 577 g/mol. The minimum absolute atomic E-state index is 0.0650. The number of thiazole rings is 1. The van der Waals surface area contributed by atoms with Gasteiger partial charge in [-0.3, -0.25) is 19.3 Å². The molecule has 1 fully saturated rings. The summed E-state index contributed by atoms with van der Waals surface area (Å²) in [5.41, 5.74) is 14.6. The Kier molecular flexibility index (Phi) is 6.24. The van der Waals surface area contributed by atoms with Crippen molar-refractivity contribution in [3.63, 3.8) is 0 Å². The molecule has 1 heterocycles. The highest BCUT2D eigenvalue weighted by atomic mass is 32.1. The third kappa shape index (κ3) is 3.55. The van der Waals surface area contributed by atoms with Gasteiger partial charge in [-0.2, -0.15) is 5.26 Å². The number of nitrogens with zero attached hydrogens (tertiary/aromatic N) is 3. The van der Waals surface area contributed by atoms with Gasteiger partial charge < -0.3 is 32.5 Å². The van der Waals surface area contributed by atoms with Crippen molar-refractivity contribution in [1.82, 2.24) is 9.88 Å². The minimum Gasteiger partial charge on any atom is -0.509 e. The maximum Gasteiger partial charge on any atom is 0.255 e. The second-order valence-corrected chi connectivity index (χ2v) is 11.8. The number of hydrogen-bond acceptors (Lipinski definition) is 12. The van der Waals surface area contributed by atoms with Crippen LogP contribution >= 0.6 is 11.3 Å². The number of aryl methyl sites for hydroxylation is 1. The number of ketones is 2. The molecule has 13 heteroatoms. The Hall–Kier alpha value is -4.35. The van der Waals surface area contributed by atoms with Crippen LogP contribution in [0.25, 0.3) is 17.9 Å². The molecule has 0 radical (unpaired) electrons.